The number of aliphatic hydroxyl groups excluding tert-OH is 1. The molecule has 3 saturated carbocycles. The Morgan fingerprint density at radius 1 is 1.18 bits per heavy atom. The highest BCUT2D eigenvalue weighted by molar-refractivity contribution is 5.91. The number of carboxylic acids is 1. The molecule has 0 aromatic carbocycles. The molecule has 0 radical (unpaired) electrons. The summed E-state index contributed by atoms with van der Waals surface area (Å²) in [4.78, 5) is 36.5. The van der Waals surface area contributed by atoms with E-state index >= 15 is 0 Å². The van der Waals surface area contributed by atoms with Gasteiger partial charge in [-0.05, 0) is 86.4 Å². The summed E-state index contributed by atoms with van der Waals surface area (Å²) in [7, 11) is 0. The standard InChI is InChI=1S/C32H48O6/c1-18(10-9-11-19(2)28(36)37)21-14-15-31(7)22-12-13-25-29(4,5)27(35)24(38-20(3)33)17-30(25,6)23(22)16-26(34)32(21,31)8/h11-12,18,21,23-26,34H,9-10,13-17H2,1-8H3,(H,36,37). The van der Waals surface area contributed by atoms with Crippen molar-refractivity contribution in [3.05, 3.63) is 23.3 Å². The Kier molecular flexibility index (Phi) is 7.34. The molecule has 0 heterocycles. The van der Waals surface area contributed by atoms with Gasteiger partial charge in [0.15, 0.2) is 11.9 Å². The fraction of sp³-hybridized carbons (Fsp3) is 0.781. The normalized spacial score (nSPS) is 42.9. The molecule has 4 aliphatic rings. The summed E-state index contributed by atoms with van der Waals surface area (Å²) in [6.07, 6.45) is 8.68. The molecule has 0 spiro atoms. The number of carbonyl (C=O) groups is 3. The number of aliphatic carboxylic acids is 1. The molecule has 9 unspecified atom stereocenters. The predicted octanol–water partition coefficient (Wildman–Crippen LogP) is 6.12. The van der Waals surface area contributed by atoms with Crippen LogP contribution < -0.4 is 0 Å². The van der Waals surface area contributed by atoms with Gasteiger partial charge in [0.25, 0.3) is 0 Å². The SMILES string of the molecule is CC(=O)OC1CC2(C)C3CC(O)C4(C)C(C(C)CCC=C(C)C(=O)O)CCC4(C)C3=CCC2C(C)(C)C1=O. The van der Waals surface area contributed by atoms with Gasteiger partial charge in [0.2, 0.25) is 0 Å². The Labute approximate surface area is 228 Å². The first-order valence-corrected chi connectivity index (χ1v) is 14.5. The molecule has 38 heavy (non-hydrogen) atoms. The van der Waals surface area contributed by atoms with Crippen molar-refractivity contribution in [1.29, 1.82) is 0 Å². The van der Waals surface area contributed by atoms with Gasteiger partial charge in [-0.15, -0.1) is 0 Å². The topological polar surface area (TPSA) is 101 Å². The van der Waals surface area contributed by atoms with Gasteiger partial charge in [0.05, 0.1) is 6.10 Å². The highest BCUT2D eigenvalue weighted by Crippen LogP contribution is 2.73. The van der Waals surface area contributed by atoms with E-state index in [1.807, 2.05) is 19.9 Å². The minimum absolute atomic E-state index is 0.0152. The van der Waals surface area contributed by atoms with E-state index in [1.54, 1.807) is 6.92 Å². The van der Waals surface area contributed by atoms with E-state index in [2.05, 4.69) is 33.8 Å². The summed E-state index contributed by atoms with van der Waals surface area (Å²) >= 11 is 0. The van der Waals surface area contributed by atoms with Crippen LogP contribution in [-0.4, -0.2) is 40.1 Å². The molecule has 9 atom stereocenters. The third-order valence-corrected chi connectivity index (χ3v) is 12.1. The van der Waals surface area contributed by atoms with E-state index in [0.717, 1.165) is 32.1 Å². The van der Waals surface area contributed by atoms with Crippen LogP contribution in [0.15, 0.2) is 23.3 Å². The Hall–Kier alpha value is -1.95. The predicted molar refractivity (Wildman–Crippen MR) is 146 cm³/mol. The van der Waals surface area contributed by atoms with Crippen molar-refractivity contribution in [2.45, 2.75) is 113 Å². The number of esters is 1. The largest absolute Gasteiger partial charge is 0.478 e. The van der Waals surface area contributed by atoms with Crippen LogP contribution in [0.1, 0.15) is 100 Å². The van der Waals surface area contributed by atoms with Gasteiger partial charge in [-0.25, -0.2) is 4.79 Å². The number of allylic oxidation sites excluding steroid dienone is 3. The number of hydrogen-bond donors (Lipinski definition) is 2. The van der Waals surface area contributed by atoms with E-state index in [9.17, 15) is 24.6 Å². The minimum Gasteiger partial charge on any atom is -0.478 e. The van der Waals surface area contributed by atoms with Crippen LogP contribution in [0, 0.1) is 45.3 Å². The summed E-state index contributed by atoms with van der Waals surface area (Å²) < 4.78 is 5.60. The molecule has 2 N–H and O–H groups in total. The Morgan fingerprint density at radius 2 is 1.84 bits per heavy atom. The van der Waals surface area contributed by atoms with Gasteiger partial charge >= 0.3 is 11.9 Å². The van der Waals surface area contributed by atoms with E-state index in [1.165, 1.54) is 12.5 Å². The Balaban J connectivity index is 1.66. The lowest BCUT2D eigenvalue weighted by Crippen LogP contribution is -2.63. The van der Waals surface area contributed by atoms with Crippen LogP contribution in [0.4, 0.5) is 0 Å². The van der Waals surface area contributed by atoms with Crippen LogP contribution in [0.3, 0.4) is 0 Å². The highest BCUT2D eigenvalue weighted by atomic mass is 16.5. The number of carboxylic acid groups (broad SMARTS) is 1. The number of Topliss-reactive ketones (excluding diaryl/α,β-unsaturated/α-hetero) is 1. The second-order valence-electron chi connectivity index (χ2n) is 14.2. The molecular formula is C32H48O6. The average Bonchev–Trinajstić information content (AvgIpc) is 3.10. The molecule has 0 aromatic heterocycles. The van der Waals surface area contributed by atoms with Crippen molar-refractivity contribution in [1.82, 2.24) is 0 Å². The third-order valence-electron chi connectivity index (χ3n) is 12.1. The smallest absolute Gasteiger partial charge is 0.330 e. The van der Waals surface area contributed by atoms with Crippen molar-refractivity contribution in [2.24, 2.45) is 45.3 Å². The zero-order valence-electron chi connectivity index (χ0n) is 24.6. The maximum Gasteiger partial charge on any atom is 0.330 e. The second-order valence-corrected chi connectivity index (χ2v) is 14.2. The monoisotopic (exact) mass is 528 g/mol. The fourth-order valence-electron chi connectivity index (χ4n) is 9.73. The number of ketones is 1. The lowest BCUT2D eigenvalue weighted by Gasteiger charge is -2.64. The summed E-state index contributed by atoms with van der Waals surface area (Å²) in [6.45, 7) is 16.2. The Bertz CT molecular complexity index is 1070. The molecular weight excluding hydrogens is 480 g/mol. The summed E-state index contributed by atoms with van der Waals surface area (Å²) in [5.41, 5.74) is 0.519. The highest BCUT2D eigenvalue weighted by Gasteiger charge is 2.69. The summed E-state index contributed by atoms with van der Waals surface area (Å²) in [5.74, 6) is -0.312. The van der Waals surface area contributed by atoms with Crippen LogP contribution in [0.2, 0.25) is 0 Å². The lowest BCUT2D eigenvalue weighted by atomic mass is 9.40. The van der Waals surface area contributed by atoms with E-state index in [-0.39, 0.29) is 33.9 Å². The molecule has 0 aromatic rings. The Morgan fingerprint density at radius 3 is 2.45 bits per heavy atom. The molecule has 6 nitrogen and oxygen atoms in total. The van der Waals surface area contributed by atoms with Gasteiger partial charge in [0.1, 0.15) is 0 Å². The van der Waals surface area contributed by atoms with Gasteiger partial charge in [-0.2, -0.15) is 0 Å². The van der Waals surface area contributed by atoms with E-state index in [4.69, 9.17) is 4.74 Å². The lowest BCUT2D eigenvalue weighted by molar-refractivity contribution is -0.181. The van der Waals surface area contributed by atoms with Crippen molar-refractivity contribution < 1.29 is 29.3 Å². The van der Waals surface area contributed by atoms with Crippen LogP contribution >= 0.6 is 0 Å². The molecule has 0 aliphatic heterocycles. The molecule has 0 bridgehead atoms. The maximum absolute atomic E-state index is 13.4. The van der Waals surface area contributed by atoms with Gasteiger partial charge in [-0.1, -0.05) is 59.3 Å². The average molecular weight is 529 g/mol. The number of carbonyl (C=O) groups excluding carboxylic acids is 2. The van der Waals surface area contributed by atoms with Crippen LogP contribution in [-0.2, 0) is 19.1 Å². The number of ether oxygens (including phenoxy) is 1. The zero-order valence-corrected chi connectivity index (χ0v) is 24.6. The quantitative estimate of drug-likeness (QED) is 0.245. The van der Waals surface area contributed by atoms with Gasteiger partial charge < -0.3 is 14.9 Å². The minimum atomic E-state index is -0.869. The maximum atomic E-state index is 13.4. The van der Waals surface area contributed by atoms with Crippen LogP contribution in [0.25, 0.3) is 0 Å². The molecule has 212 valence electrons. The van der Waals surface area contributed by atoms with Crippen molar-refractivity contribution >= 4 is 17.7 Å². The summed E-state index contributed by atoms with van der Waals surface area (Å²) in [6, 6.07) is 0. The van der Waals surface area contributed by atoms with E-state index < -0.39 is 29.6 Å². The van der Waals surface area contributed by atoms with Gasteiger partial charge in [-0.3, -0.25) is 9.59 Å². The zero-order chi connectivity index (χ0) is 28.4. The first kappa shape index (κ1) is 29.0. The summed E-state index contributed by atoms with van der Waals surface area (Å²) in [5, 5.41) is 21.2. The number of fused-ring (bicyclic) bond motifs is 5. The van der Waals surface area contributed by atoms with Crippen molar-refractivity contribution in [3.8, 4) is 0 Å². The van der Waals surface area contributed by atoms with Crippen molar-refractivity contribution in [3.63, 3.8) is 0 Å². The fourth-order valence-corrected chi connectivity index (χ4v) is 9.73. The first-order chi connectivity index (χ1) is 17.5. The molecule has 0 saturated heterocycles. The molecule has 3 fully saturated rings. The second kappa shape index (κ2) is 9.60. The van der Waals surface area contributed by atoms with E-state index in [0.29, 0.717) is 30.3 Å². The number of hydrogen-bond acceptors (Lipinski definition) is 5. The molecule has 4 rings (SSSR count). The molecule has 6 heteroatoms. The number of rotatable bonds is 6. The third kappa shape index (κ3) is 4.12. The molecule has 0 amide bonds. The molecule has 4 aliphatic carbocycles. The number of aliphatic hydroxyl groups is 1. The first-order valence-electron chi connectivity index (χ1n) is 14.5. The van der Waals surface area contributed by atoms with Crippen LogP contribution in [0.5, 0.6) is 0 Å². The van der Waals surface area contributed by atoms with Crippen molar-refractivity contribution in [2.75, 3.05) is 0 Å². The van der Waals surface area contributed by atoms with Gasteiger partial charge in [0, 0.05) is 23.3 Å².